The molecule has 0 radical (unpaired) electrons. The average molecular weight is 322 g/mol. The first kappa shape index (κ1) is 14.4. The van der Waals surface area contributed by atoms with Gasteiger partial charge in [-0.1, -0.05) is 35.3 Å². The van der Waals surface area contributed by atoms with Crippen molar-refractivity contribution in [3.05, 3.63) is 46.1 Å². The van der Waals surface area contributed by atoms with Gasteiger partial charge in [0, 0.05) is 10.0 Å². The van der Waals surface area contributed by atoms with Gasteiger partial charge in [-0.25, -0.2) is 0 Å². The van der Waals surface area contributed by atoms with Crippen LogP contribution in [-0.4, -0.2) is 6.54 Å². The standard InChI is InChI=1S/C16H20BrNO/c1-3-4-9-18-11-14-6-8-16(19-14)13-5-7-15(17)12(2)10-13/h5-8,10,18H,3-4,9,11H2,1-2H3. The highest BCUT2D eigenvalue weighted by molar-refractivity contribution is 9.10. The van der Waals surface area contributed by atoms with Crippen LogP contribution >= 0.6 is 15.9 Å². The molecule has 0 aliphatic rings. The van der Waals surface area contributed by atoms with Gasteiger partial charge >= 0.3 is 0 Å². The van der Waals surface area contributed by atoms with Crippen LogP contribution in [0.1, 0.15) is 31.1 Å². The maximum atomic E-state index is 5.87. The number of aryl methyl sites for hydroxylation is 1. The Kier molecular flexibility index (Phi) is 5.23. The van der Waals surface area contributed by atoms with E-state index < -0.39 is 0 Å². The molecule has 19 heavy (non-hydrogen) atoms. The zero-order valence-electron chi connectivity index (χ0n) is 11.5. The van der Waals surface area contributed by atoms with Crippen LogP contribution in [0, 0.1) is 6.92 Å². The smallest absolute Gasteiger partial charge is 0.134 e. The van der Waals surface area contributed by atoms with E-state index in [0.29, 0.717) is 0 Å². The van der Waals surface area contributed by atoms with Gasteiger partial charge in [-0.3, -0.25) is 0 Å². The monoisotopic (exact) mass is 321 g/mol. The Morgan fingerprint density at radius 3 is 2.79 bits per heavy atom. The molecule has 0 bridgehead atoms. The van der Waals surface area contributed by atoms with E-state index in [1.54, 1.807) is 0 Å². The van der Waals surface area contributed by atoms with E-state index >= 15 is 0 Å². The summed E-state index contributed by atoms with van der Waals surface area (Å²) in [6.07, 6.45) is 2.42. The summed E-state index contributed by atoms with van der Waals surface area (Å²) in [7, 11) is 0. The molecule has 3 heteroatoms. The molecule has 2 nitrogen and oxygen atoms in total. The summed E-state index contributed by atoms with van der Waals surface area (Å²) in [4.78, 5) is 0. The fourth-order valence-electron chi connectivity index (χ4n) is 1.94. The molecule has 0 atom stereocenters. The zero-order chi connectivity index (χ0) is 13.7. The van der Waals surface area contributed by atoms with Crippen molar-refractivity contribution in [3.8, 4) is 11.3 Å². The molecule has 0 unspecified atom stereocenters. The molecule has 2 aromatic rings. The number of benzene rings is 1. The van der Waals surface area contributed by atoms with Crippen LogP contribution < -0.4 is 5.32 Å². The number of hydrogen-bond donors (Lipinski definition) is 1. The van der Waals surface area contributed by atoms with Crippen LogP contribution in [-0.2, 0) is 6.54 Å². The lowest BCUT2D eigenvalue weighted by atomic mass is 10.1. The Bertz CT molecular complexity index is 533. The molecule has 1 aromatic carbocycles. The molecule has 1 N–H and O–H groups in total. The minimum Gasteiger partial charge on any atom is -0.460 e. The summed E-state index contributed by atoms with van der Waals surface area (Å²) in [5.74, 6) is 1.93. The van der Waals surface area contributed by atoms with Crippen LogP contribution in [0.15, 0.2) is 39.2 Å². The van der Waals surface area contributed by atoms with E-state index in [9.17, 15) is 0 Å². The summed E-state index contributed by atoms with van der Waals surface area (Å²) in [6.45, 7) is 6.13. The maximum absolute atomic E-state index is 5.87. The first-order chi connectivity index (χ1) is 9.20. The van der Waals surface area contributed by atoms with Crippen molar-refractivity contribution < 1.29 is 4.42 Å². The van der Waals surface area contributed by atoms with E-state index in [-0.39, 0.29) is 0 Å². The minimum absolute atomic E-state index is 0.801. The fraction of sp³-hybridized carbons (Fsp3) is 0.375. The Morgan fingerprint density at radius 2 is 2.05 bits per heavy atom. The van der Waals surface area contributed by atoms with Crippen molar-refractivity contribution in [1.82, 2.24) is 5.32 Å². The molecule has 0 saturated heterocycles. The SMILES string of the molecule is CCCCNCc1ccc(-c2ccc(Br)c(C)c2)o1. The van der Waals surface area contributed by atoms with E-state index in [4.69, 9.17) is 4.42 Å². The third-order valence-electron chi connectivity index (χ3n) is 3.11. The second kappa shape index (κ2) is 6.92. The first-order valence-corrected chi connectivity index (χ1v) is 7.56. The predicted octanol–water partition coefficient (Wildman–Crippen LogP) is 4.91. The van der Waals surface area contributed by atoms with Crippen LogP contribution in [0.4, 0.5) is 0 Å². The highest BCUT2D eigenvalue weighted by Gasteiger charge is 2.06. The molecular weight excluding hydrogens is 302 g/mol. The van der Waals surface area contributed by atoms with Gasteiger partial charge in [-0.15, -0.1) is 0 Å². The molecule has 1 aromatic heterocycles. The lowest BCUT2D eigenvalue weighted by molar-refractivity contribution is 0.490. The second-order valence-electron chi connectivity index (χ2n) is 4.76. The molecule has 0 aliphatic carbocycles. The van der Waals surface area contributed by atoms with Crippen LogP contribution in [0.5, 0.6) is 0 Å². The van der Waals surface area contributed by atoms with Crippen molar-refractivity contribution in [2.75, 3.05) is 6.54 Å². The highest BCUT2D eigenvalue weighted by Crippen LogP contribution is 2.26. The molecule has 102 valence electrons. The van der Waals surface area contributed by atoms with Gasteiger partial charge in [0.2, 0.25) is 0 Å². The van der Waals surface area contributed by atoms with Crippen LogP contribution in [0.2, 0.25) is 0 Å². The van der Waals surface area contributed by atoms with Crippen molar-refractivity contribution in [1.29, 1.82) is 0 Å². The summed E-state index contributed by atoms with van der Waals surface area (Å²) in [5.41, 5.74) is 2.34. The molecule has 1 heterocycles. The quantitative estimate of drug-likeness (QED) is 0.765. The molecular formula is C16H20BrNO. The van der Waals surface area contributed by atoms with Crippen molar-refractivity contribution >= 4 is 15.9 Å². The van der Waals surface area contributed by atoms with Gasteiger partial charge in [0.15, 0.2) is 0 Å². The normalized spacial score (nSPS) is 10.9. The number of unbranched alkanes of at least 4 members (excludes halogenated alkanes) is 1. The lowest BCUT2D eigenvalue weighted by Gasteiger charge is -2.02. The molecule has 0 aliphatic heterocycles. The van der Waals surface area contributed by atoms with Crippen molar-refractivity contribution in [2.45, 2.75) is 33.2 Å². The van der Waals surface area contributed by atoms with E-state index in [1.807, 2.05) is 12.1 Å². The number of halogens is 1. The third-order valence-corrected chi connectivity index (χ3v) is 4.00. The summed E-state index contributed by atoms with van der Waals surface area (Å²) in [6, 6.07) is 10.4. The first-order valence-electron chi connectivity index (χ1n) is 6.76. The summed E-state index contributed by atoms with van der Waals surface area (Å²) in [5, 5.41) is 3.39. The van der Waals surface area contributed by atoms with Crippen LogP contribution in [0.3, 0.4) is 0 Å². The molecule has 0 saturated carbocycles. The van der Waals surface area contributed by atoms with Gasteiger partial charge in [-0.2, -0.15) is 0 Å². The Balaban J connectivity index is 2.01. The van der Waals surface area contributed by atoms with E-state index in [1.165, 1.54) is 18.4 Å². The molecule has 0 amide bonds. The second-order valence-corrected chi connectivity index (χ2v) is 5.61. The fourth-order valence-corrected chi connectivity index (χ4v) is 2.19. The van der Waals surface area contributed by atoms with Gasteiger partial charge < -0.3 is 9.73 Å². The van der Waals surface area contributed by atoms with E-state index in [2.05, 4.69) is 53.3 Å². The van der Waals surface area contributed by atoms with Gasteiger partial charge in [-0.05, 0) is 49.7 Å². The summed E-state index contributed by atoms with van der Waals surface area (Å²) >= 11 is 3.52. The topological polar surface area (TPSA) is 25.2 Å². The number of rotatable bonds is 6. The number of furan rings is 1. The Hall–Kier alpha value is -1.06. The Labute approximate surface area is 123 Å². The summed E-state index contributed by atoms with van der Waals surface area (Å²) < 4.78 is 7.00. The van der Waals surface area contributed by atoms with Gasteiger partial charge in [0.25, 0.3) is 0 Å². The van der Waals surface area contributed by atoms with Crippen LogP contribution in [0.25, 0.3) is 11.3 Å². The largest absolute Gasteiger partial charge is 0.460 e. The third kappa shape index (κ3) is 3.95. The number of hydrogen-bond acceptors (Lipinski definition) is 2. The van der Waals surface area contributed by atoms with Crippen molar-refractivity contribution in [2.24, 2.45) is 0 Å². The predicted molar refractivity (Wildman–Crippen MR) is 83.2 cm³/mol. The minimum atomic E-state index is 0.801. The molecule has 0 fully saturated rings. The van der Waals surface area contributed by atoms with Gasteiger partial charge in [0.05, 0.1) is 6.54 Å². The molecule has 2 rings (SSSR count). The molecule has 0 spiro atoms. The average Bonchev–Trinajstić information content (AvgIpc) is 2.87. The van der Waals surface area contributed by atoms with E-state index in [0.717, 1.165) is 34.6 Å². The van der Waals surface area contributed by atoms with Gasteiger partial charge in [0.1, 0.15) is 11.5 Å². The highest BCUT2D eigenvalue weighted by atomic mass is 79.9. The maximum Gasteiger partial charge on any atom is 0.134 e. The zero-order valence-corrected chi connectivity index (χ0v) is 13.1. The number of nitrogens with one attached hydrogen (secondary N) is 1. The van der Waals surface area contributed by atoms with Crippen molar-refractivity contribution in [3.63, 3.8) is 0 Å². The Morgan fingerprint density at radius 1 is 1.21 bits per heavy atom. The lowest BCUT2D eigenvalue weighted by Crippen LogP contribution is -2.13.